The Bertz CT molecular complexity index is 433. The molecule has 2 rings (SSSR count). The van der Waals surface area contributed by atoms with Gasteiger partial charge >= 0.3 is 5.97 Å². The molecular formula is C7H5N3O4. The van der Waals surface area contributed by atoms with Crippen molar-refractivity contribution in [3.05, 3.63) is 18.4 Å². The molecule has 0 aromatic carbocycles. The van der Waals surface area contributed by atoms with E-state index in [0.29, 0.717) is 0 Å². The van der Waals surface area contributed by atoms with Crippen LogP contribution in [0, 0.1) is 0 Å². The molecule has 0 fully saturated rings. The Labute approximate surface area is 77.4 Å². The van der Waals surface area contributed by atoms with Crippen LogP contribution >= 0.6 is 0 Å². The maximum atomic E-state index is 10.3. The lowest BCUT2D eigenvalue weighted by atomic mass is 10.4. The zero-order chi connectivity index (χ0) is 9.97. The summed E-state index contributed by atoms with van der Waals surface area (Å²) < 4.78 is 9.55. The van der Waals surface area contributed by atoms with Gasteiger partial charge in [0.2, 0.25) is 5.89 Å². The van der Waals surface area contributed by atoms with E-state index in [1.165, 1.54) is 12.5 Å². The summed E-state index contributed by atoms with van der Waals surface area (Å²) in [5.74, 6) is -0.671. The number of carbonyl (C=O) groups is 1. The Kier molecular flexibility index (Phi) is 1.98. The molecule has 0 saturated heterocycles. The van der Waals surface area contributed by atoms with Crippen LogP contribution in [0.25, 0.3) is 11.7 Å². The van der Waals surface area contributed by atoms with Crippen molar-refractivity contribution in [2.24, 2.45) is 0 Å². The Hall–Kier alpha value is -2.18. The molecule has 7 heteroatoms. The van der Waals surface area contributed by atoms with E-state index in [-0.39, 0.29) is 24.0 Å². The fourth-order valence-corrected chi connectivity index (χ4v) is 0.877. The second-order valence-electron chi connectivity index (χ2n) is 2.42. The van der Waals surface area contributed by atoms with Crippen molar-refractivity contribution in [2.75, 3.05) is 0 Å². The minimum absolute atomic E-state index is 0.0192. The number of hydrogen-bond donors (Lipinski definition) is 1. The molecule has 0 atom stereocenters. The Morgan fingerprint density at radius 1 is 1.57 bits per heavy atom. The van der Waals surface area contributed by atoms with Gasteiger partial charge in [-0.25, -0.2) is 4.98 Å². The maximum Gasteiger partial charge on any atom is 0.312 e. The summed E-state index contributed by atoms with van der Waals surface area (Å²) in [4.78, 5) is 17.9. The molecule has 0 saturated carbocycles. The summed E-state index contributed by atoms with van der Waals surface area (Å²) in [7, 11) is 0. The van der Waals surface area contributed by atoms with Crippen LogP contribution in [0.2, 0.25) is 0 Å². The number of aromatic nitrogens is 3. The van der Waals surface area contributed by atoms with Crippen molar-refractivity contribution >= 4 is 5.97 Å². The van der Waals surface area contributed by atoms with Crippen molar-refractivity contribution in [1.29, 1.82) is 0 Å². The fourth-order valence-electron chi connectivity index (χ4n) is 0.877. The molecule has 0 aliphatic carbocycles. The topological polar surface area (TPSA) is 102 Å². The molecular weight excluding hydrogens is 190 g/mol. The zero-order valence-electron chi connectivity index (χ0n) is 6.88. The first kappa shape index (κ1) is 8.42. The van der Waals surface area contributed by atoms with E-state index < -0.39 is 5.97 Å². The SMILES string of the molecule is O=C(O)Cc1nc(-c2ncco2)no1. The average molecular weight is 195 g/mol. The number of nitrogens with zero attached hydrogens (tertiary/aromatic N) is 3. The number of oxazole rings is 1. The van der Waals surface area contributed by atoms with Gasteiger partial charge in [0.05, 0.1) is 6.20 Å². The van der Waals surface area contributed by atoms with Gasteiger partial charge in [0, 0.05) is 0 Å². The zero-order valence-corrected chi connectivity index (χ0v) is 6.88. The molecule has 1 N–H and O–H groups in total. The first-order valence-electron chi connectivity index (χ1n) is 3.70. The molecule has 7 nitrogen and oxygen atoms in total. The molecule has 14 heavy (non-hydrogen) atoms. The molecule has 2 aromatic heterocycles. The van der Waals surface area contributed by atoms with E-state index >= 15 is 0 Å². The van der Waals surface area contributed by atoms with Crippen molar-refractivity contribution in [3.8, 4) is 11.7 Å². The van der Waals surface area contributed by atoms with Crippen LogP contribution in [0.15, 0.2) is 21.4 Å². The van der Waals surface area contributed by atoms with Crippen LogP contribution in [-0.2, 0) is 11.2 Å². The lowest BCUT2D eigenvalue weighted by Crippen LogP contribution is -1.99. The van der Waals surface area contributed by atoms with Crippen LogP contribution in [-0.4, -0.2) is 26.2 Å². The van der Waals surface area contributed by atoms with Crippen LogP contribution < -0.4 is 0 Å². The molecule has 0 aliphatic heterocycles. The predicted molar refractivity (Wildman–Crippen MR) is 41.1 cm³/mol. The van der Waals surface area contributed by atoms with Crippen molar-refractivity contribution in [3.63, 3.8) is 0 Å². The third kappa shape index (κ3) is 1.60. The van der Waals surface area contributed by atoms with Crippen molar-refractivity contribution in [2.45, 2.75) is 6.42 Å². The minimum Gasteiger partial charge on any atom is -0.481 e. The molecule has 0 bridgehead atoms. The molecule has 0 spiro atoms. The third-order valence-electron chi connectivity index (χ3n) is 1.39. The average Bonchev–Trinajstić information content (AvgIpc) is 2.69. The van der Waals surface area contributed by atoms with Gasteiger partial charge in [0.25, 0.3) is 11.7 Å². The normalized spacial score (nSPS) is 10.3. The van der Waals surface area contributed by atoms with Crippen LogP contribution in [0.1, 0.15) is 5.89 Å². The van der Waals surface area contributed by atoms with Gasteiger partial charge in [-0.2, -0.15) is 4.98 Å². The van der Waals surface area contributed by atoms with E-state index in [1.807, 2.05) is 0 Å². The Balaban J connectivity index is 2.22. The summed E-state index contributed by atoms with van der Waals surface area (Å²) in [6, 6.07) is 0. The van der Waals surface area contributed by atoms with E-state index in [9.17, 15) is 4.79 Å². The number of hydrogen-bond acceptors (Lipinski definition) is 6. The van der Waals surface area contributed by atoms with Crippen molar-refractivity contribution in [1.82, 2.24) is 15.1 Å². The van der Waals surface area contributed by atoms with Crippen LogP contribution in [0.3, 0.4) is 0 Å². The van der Waals surface area contributed by atoms with Gasteiger partial charge in [-0.3, -0.25) is 4.79 Å². The lowest BCUT2D eigenvalue weighted by Gasteiger charge is -1.83. The number of aliphatic carboxylic acids is 1. The van der Waals surface area contributed by atoms with Gasteiger partial charge in [-0.05, 0) is 0 Å². The quantitative estimate of drug-likeness (QED) is 0.753. The Morgan fingerprint density at radius 2 is 2.43 bits per heavy atom. The highest BCUT2D eigenvalue weighted by Crippen LogP contribution is 2.12. The molecule has 72 valence electrons. The predicted octanol–water partition coefficient (Wildman–Crippen LogP) is 0.352. The van der Waals surface area contributed by atoms with Gasteiger partial charge in [-0.1, -0.05) is 5.16 Å². The van der Waals surface area contributed by atoms with E-state index in [4.69, 9.17) is 9.52 Å². The van der Waals surface area contributed by atoms with E-state index in [1.54, 1.807) is 0 Å². The van der Waals surface area contributed by atoms with E-state index in [0.717, 1.165) is 0 Å². The smallest absolute Gasteiger partial charge is 0.312 e. The van der Waals surface area contributed by atoms with E-state index in [2.05, 4.69) is 19.6 Å². The molecule has 0 radical (unpaired) electrons. The van der Waals surface area contributed by atoms with Gasteiger partial charge in [0.15, 0.2) is 0 Å². The molecule has 0 amide bonds. The maximum absolute atomic E-state index is 10.3. The van der Waals surface area contributed by atoms with Gasteiger partial charge in [0.1, 0.15) is 12.7 Å². The van der Waals surface area contributed by atoms with Gasteiger partial charge in [-0.15, -0.1) is 0 Å². The van der Waals surface area contributed by atoms with Crippen LogP contribution in [0.4, 0.5) is 0 Å². The standard InChI is InChI=1S/C7H5N3O4/c11-5(12)3-4-9-6(10-14-4)7-8-1-2-13-7/h1-2H,3H2,(H,11,12). The first-order valence-corrected chi connectivity index (χ1v) is 3.70. The lowest BCUT2D eigenvalue weighted by molar-refractivity contribution is -0.136. The summed E-state index contributed by atoms with van der Waals surface area (Å²) in [5, 5.41) is 11.9. The highest BCUT2D eigenvalue weighted by atomic mass is 16.5. The third-order valence-corrected chi connectivity index (χ3v) is 1.39. The first-order chi connectivity index (χ1) is 6.75. The summed E-state index contributed by atoms with van der Waals surface area (Å²) in [6.07, 6.45) is 2.48. The van der Waals surface area contributed by atoms with Crippen LogP contribution in [0.5, 0.6) is 0 Å². The summed E-state index contributed by atoms with van der Waals surface area (Å²) in [5.41, 5.74) is 0. The molecule has 0 unspecified atom stereocenters. The van der Waals surface area contributed by atoms with Gasteiger partial charge < -0.3 is 14.0 Å². The minimum atomic E-state index is -1.03. The second kappa shape index (κ2) is 3.29. The van der Waals surface area contributed by atoms with Crippen molar-refractivity contribution < 1.29 is 18.8 Å². The second-order valence-corrected chi connectivity index (χ2v) is 2.42. The largest absolute Gasteiger partial charge is 0.481 e. The molecule has 2 heterocycles. The summed E-state index contributed by atoms with van der Waals surface area (Å²) >= 11 is 0. The Morgan fingerprint density at radius 3 is 3.07 bits per heavy atom. The summed E-state index contributed by atoms with van der Waals surface area (Å²) in [6.45, 7) is 0. The molecule has 0 aliphatic rings. The monoisotopic (exact) mass is 195 g/mol. The highest BCUT2D eigenvalue weighted by molar-refractivity contribution is 5.68. The fraction of sp³-hybridized carbons (Fsp3) is 0.143. The number of carboxylic acid groups (broad SMARTS) is 1. The number of rotatable bonds is 3. The highest BCUT2D eigenvalue weighted by Gasteiger charge is 2.13. The number of carboxylic acids is 1. The molecule has 2 aromatic rings.